The molecule has 0 fully saturated rings. The van der Waals surface area contributed by atoms with Crippen molar-refractivity contribution >= 4 is 30.7 Å². The quantitative estimate of drug-likeness (QED) is 0.891. The van der Waals surface area contributed by atoms with Crippen molar-refractivity contribution in [2.45, 2.75) is 40.2 Å². The molecule has 0 saturated heterocycles. The van der Waals surface area contributed by atoms with Crippen molar-refractivity contribution in [1.82, 2.24) is 14.7 Å². The van der Waals surface area contributed by atoms with Gasteiger partial charge in [0.05, 0.1) is 5.69 Å². The molecule has 0 aliphatic heterocycles. The standard InChI is InChI=1S/C14H26N4O.2ClH/c1-9(14(19)17(5)10(2)8-15)7-13-11(3)16-18(6)12(13)4;;/h9-10H,7-8,15H2,1-6H3;2*1H. The van der Waals surface area contributed by atoms with Crippen LogP contribution < -0.4 is 5.73 Å². The van der Waals surface area contributed by atoms with Gasteiger partial charge in [-0.15, -0.1) is 24.8 Å². The summed E-state index contributed by atoms with van der Waals surface area (Å²) < 4.78 is 1.87. The van der Waals surface area contributed by atoms with Crippen LogP contribution in [0.4, 0.5) is 0 Å². The molecule has 2 atom stereocenters. The molecule has 0 aromatic carbocycles. The molecule has 1 aromatic heterocycles. The monoisotopic (exact) mass is 338 g/mol. The van der Waals surface area contributed by atoms with E-state index in [2.05, 4.69) is 5.10 Å². The molecule has 0 spiro atoms. The molecule has 1 heterocycles. The first-order valence-corrected chi connectivity index (χ1v) is 6.75. The van der Waals surface area contributed by atoms with Crippen LogP contribution in [-0.4, -0.2) is 40.2 Å². The summed E-state index contributed by atoms with van der Waals surface area (Å²) in [6, 6.07) is 0.0750. The molecule has 2 unspecified atom stereocenters. The number of amides is 1. The smallest absolute Gasteiger partial charge is 0.225 e. The lowest BCUT2D eigenvalue weighted by molar-refractivity contribution is -0.135. The fourth-order valence-corrected chi connectivity index (χ4v) is 2.23. The van der Waals surface area contributed by atoms with Crippen LogP contribution in [0.3, 0.4) is 0 Å². The highest BCUT2D eigenvalue weighted by Gasteiger charge is 2.23. The van der Waals surface area contributed by atoms with E-state index in [1.54, 1.807) is 4.90 Å². The van der Waals surface area contributed by atoms with Crippen LogP contribution in [0.25, 0.3) is 0 Å². The van der Waals surface area contributed by atoms with Crippen molar-refractivity contribution < 1.29 is 4.79 Å². The van der Waals surface area contributed by atoms with E-state index in [1.165, 1.54) is 5.56 Å². The lowest BCUT2D eigenvalue weighted by atomic mass is 9.98. The Morgan fingerprint density at radius 2 is 1.86 bits per heavy atom. The number of nitrogens with zero attached hydrogens (tertiary/aromatic N) is 3. The second-order valence-electron chi connectivity index (χ2n) is 5.41. The number of halogens is 2. The van der Waals surface area contributed by atoms with Crippen LogP contribution in [0.2, 0.25) is 0 Å². The molecule has 0 radical (unpaired) electrons. The maximum atomic E-state index is 12.3. The normalized spacial score (nSPS) is 12.9. The van der Waals surface area contributed by atoms with Crippen LogP contribution in [0.15, 0.2) is 0 Å². The van der Waals surface area contributed by atoms with Crippen LogP contribution in [0, 0.1) is 19.8 Å². The summed E-state index contributed by atoms with van der Waals surface area (Å²) in [4.78, 5) is 14.1. The number of aryl methyl sites for hydroxylation is 2. The van der Waals surface area contributed by atoms with Gasteiger partial charge in [-0.1, -0.05) is 6.92 Å². The number of nitrogens with two attached hydrogens (primary N) is 1. The first-order valence-electron chi connectivity index (χ1n) is 6.75. The molecule has 1 amide bonds. The Balaban J connectivity index is 0. The lowest BCUT2D eigenvalue weighted by Gasteiger charge is -2.26. The SMILES string of the molecule is Cc1nn(C)c(C)c1CC(C)C(=O)N(C)C(C)CN.Cl.Cl. The maximum absolute atomic E-state index is 12.3. The molecular weight excluding hydrogens is 311 g/mol. The number of hydrogen-bond acceptors (Lipinski definition) is 3. The highest BCUT2D eigenvalue weighted by atomic mass is 35.5. The number of aromatic nitrogens is 2. The van der Waals surface area contributed by atoms with E-state index in [4.69, 9.17) is 5.73 Å². The summed E-state index contributed by atoms with van der Waals surface area (Å²) in [5.41, 5.74) is 8.93. The van der Waals surface area contributed by atoms with Gasteiger partial charge >= 0.3 is 0 Å². The van der Waals surface area contributed by atoms with Crippen molar-refractivity contribution in [3.63, 3.8) is 0 Å². The highest BCUT2D eigenvalue weighted by Crippen LogP contribution is 2.18. The van der Waals surface area contributed by atoms with E-state index in [-0.39, 0.29) is 42.7 Å². The van der Waals surface area contributed by atoms with Gasteiger partial charge < -0.3 is 10.6 Å². The average Bonchev–Trinajstić information content (AvgIpc) is 2.62. The topological polar surface area (TPSA) is 64.2 Å². The molecule has 1 aromatic rings. The number of carbonyl (C=O) groups is 1. The Kier molecular flexibility index (Phi) is 9.94. The maximum Gasteiger partial charge on any atom is 0.225 e. The van der Waals surface area contributed by atoms with E-state index in [1.807, 2.05) is 46.5 Å². The Labute approximate surface area is 140 Å². The Morgan fingerprint density at radius 3 is 2.24 bits per heavy atom. The summed E-state index contributed by atoms with van der Waals surface area (Å²) in [7, 11) is 3.75. The minimum atomic E-state index is -0.0550. The zero-order chi connectivity index (χ0) is 14.7. The van der Waals surface area contributed by atoms with E-state index in [9.17, 15) is 4.79 Å². The molecule has 0 aliphatic rings. The van der Waals surface area contributed by atoms with Crippen molar-refractivity contribution in [3.8, 4) is 0 Å². The summed E-state index contributed by atoms with van der Waals surface area (Å²) >= 11 is 0. The van der Waals surface area contributed by atoms with Gasteiger partial charge in [0, 0.05) is 38.3 Å². The molecule has 2 N–H and O–H groups in total. The minimum Gasteiger partial charge on any atom is -0.342 e. The van der Waals surface area contributed by atoms with Gasteiger partial charge in [-0.2, -0.15) is 5.10 Å². The van der Waals surface area contributed by atoms with Gasteiger partial charge in [0.1, 0.15) is 0 Å². The first kappa shape index (κ1) is 22.5. The van der Waals surface area contributed by atoms with Crippen molar-refractivity contribution in [3.05, 3.63) is 17.0 Å². The highest BCUT2D eigenvalue weighted by molar-refractivity contribution is 5.85. The molecule has 5 nitrogen and oxygen atoms in total. The molecular formula is C14H28Cl2N4O. The van der Waals surface area contributed by atoms with Crippen molar-refractivity contribution in [2.24, 2.45) is 18.7 Å². The van der Waals surface area contributed by atoms with Gasteiger partial charge in [0.15, 0.2) is 0 Å². The molecule has 21 heavy (non-hydrogen) atoms. The number of likely N-dealkylation sites (N-methyl/N-ethyl adjacent to an activating group) is 1. The third-order valence-electron chi connectivity index (χ3n) is 3.94. The molecule has 0 saturated carbocycles. The molecule has 1 rings (SSSR count). The predicted octanol–water partition coefficient (Wildman–Crippen LogP) is 1.86. The summed E-state index contributed by atoms with van der Waals surface area (Å²) in [6.45, 7) is 8.45. The van der Waals surface area contributed by atoms with Gasteiger partial charge in [0.25, 0.3) is 0 Å². The summed E-state index contributed by atoms with van der Waals surface area (Å²) in [6.07, 6.45) is 0.728. The molecule has 124 valence electrons. The van der Waals surface area contributed by atoms with E-state index in [0.717, 1.165) is 17.8 Å². The van der Waals surface area contributed by atoms with Gasteiger partial charge in [-0.05, 0) is 32.8 Å². The number of rotatable bonds is 5. The molecule has 0 aliphatic carbocycles. The Hall–Kier alpha value is -0.780. The Morgan fingerprint density at radius 1 is 1.33 bits per heavy atom. The van der Waals surface area contributed by atoms with Crippen LogP contribution >= 0.6 is 24.8 Å². The summed E-state index contributed by atoms with van der Waals surface area (Å²) in [5.74, 6) is 0.0844. The van der Waals surface area contributed by atoms with Crippen molar-refractivity contribution in [2.75, 3.05) is 13.6 Å². The Bertz CT molecular complexity index is 462. The summed E-state index contributed by atoms with van der Waals surface area (Å²) in [5, 5.41) is 4.39. The molecule has 0 bridgehead atoms. The largest absolute Gasteiger partial charge is 0.342 e. The average molecular weight is 339 g/mol. The van der Waals surface area contributed by atoms with E-state index in [0.29, 0.717) is 6.54 Å². The van der Waals surface area contributed by atoms with Gasteiger partial charge in [-0.25, -0.2) is 0 Å². The first-order chi connectivity index (χ1) is 8.79. The van der Waals surface area contributed by atoms with Crippen molar-refractivity contribution in [1.29, 1.82) is 0 Å². The second-order valence-corrected chi connectivity index (χ2v) is 5.41. The fraction of sp³-hybridized carbons (Fsp3) is 0.714. The predicted molar refractivity (Wildman–Crippen MR) is 91.3 cm³/mol. The lowest BCUT2D eigenvalue weighted by Crippen LogP contribution is -2.42. The number of carbonyl (C=O) groups excluding carboxylic acids is 1. The van der Waals surface area contributed by atoms with E-state index >= 15 is 0 Å². The molecule has 7 heteroatoms. The van der Waals surface area contributed by atoms with E-state index < -0.39 is 0 Å². The second kappa shape index (κ2) is 9.28. The number of hydrogen-bond donors (Lipinski definition) is 1. The minimum absolute atomic E-state index is 0. The third kappa shape index (κ3) is 5.16. The fourth-order valence-electron chi connectivity index (χ4n) is 2.23. The zero-order valence-electron chi connectivity index (χ0n) is 13.7. The van der Waals surface area contributed by atoms with Gasteiger partial charge in [0.2, 0.25) is 5.91 Å². The van der Waals surface area contributed by atoms with Gasteiger partial charge in [-0.3, -0.25) is 9.48 Å². The zero-order valence-corrected chi connectivity index (χ0v) is 15.3. The van der Waals surface area contributed by atoms with Crippen LogP contribution in [-0.2, 0) is 18.3 Å². The van der Waals surface area contributed by atoms with Crippen LogP contribution in [0.5, 0.6) is 0 Å². The van der Waals surface area contributed by atoms with Crippen LogP contribution in [0.1, 0.15) is 30.8 Å². The third-order valence-corrected chi connectivity index (χ3v) is 3.94.